The van der Waals surface area contributed by atoms with Crippen LogP contribution in [0.5, 0.6) is 5.75 Å². The van der Waals surface area contributed by atoms with Gasteiger partial charge in [0, 0.05) is 12.7 Å². The topological polar surface area (TPSA) is 81.9 Å². The smallest absolute Gasteiger partial charge is 0.238 e. The Morgan fingerprint density at radius 2 is 2.14 bits per heavy atom. The van der Waals surface area contributed by atoms with Crippen LogP contribution in [-0.4, -0.2) is 38.0 Å². The summed E-state index contributed by atoms with van der Waals surface area (Å²) in [4.78, 5) is 16.6. The molecule has 3 aromatic rings. The molecular formula is C20H20ClN5O2S. The number of pyridine rings is 1. The van der Waals surface area contributed by atoms with Crippen LogP contribution in [-0.2, 0) is 11.3 Å². The Kier molecular flexibility index (Phi) is 6.90. The molecule has 0 aliphatic carbocycles. The Bertz CT molecular complexity index is 1010. The van der Waals surface area contributed by atoms with E-state index in [9.17, 15) is 4.79 Å². The van der Waals surface area contributed by atoms with Crippen molar-refractivity contribution in [3.05, 3.63) is 60.3 Å². The van der Waals surface area contributed by atoms with Gasteiger partial charge in [-0.25, -0.2) is 4.98 Å². The second-order valence-electron chi connectivity index (χ2n) is 6.02. The van der Waals surface area contributed by atoms with Gasteiger partial charge >= 0.3 is 0 Å². The number of hydrogen-bond donors (Lipinski definition) is 1. The zero-order chi connectivity index (χ0) is 20.8. The first-order valence-corrected chi connectivity index (χ1v) is 10.1. The second kappa shape index (κ2) is 9.58. The minimum absolute atomic E-state index is 0.197. The monoisotopic (exact) mass is 429 g/mol. The minimum Gasteiger partial charge on any atom is -0.496 e. The first kappa shape index (κ1) is 20.9. The number of nitrogens with one attached hydrogen (secondary N) is 1. The van der Waals surface area contributed by atoms with E-state index < -0.39 is 5.25 Å². The molecule has 1 amide bonds. The van der Waals surface area contributed by atoms with Crippen molar-refractivity contribution in [1.82, 2.24) is 19.7 Å². The highest BCUT2D eigenvalue weighted by atomic mass is 35.5. The predicted octanol–water partition coefficient (Wildman–Crippen LogP) is 4.31. The molecule has 2 aromatic heterocycles. The van der Waals surface area contributed by atoms with E-state index in [1.807, 2.05) is 28.8 Å². The summed E-state index contributed by atoms with van der Waals surface area (Å²) in [6.45, 7) is 6.11. The van der Waals surface area contributed by atoms with Crippen LogP contribution in [0, 0.1) is 0 Å². The number of methoxy groups -OCH3 is 1. The number of ether oxygens (including phenoxy) is 1. The Morgan fingerprint density at radius 1 is 1.34 bits per heavy atom. The van der Waals surface area contributed by atoms with E-state index in [-0.39, 0.29) is 5.91 Å². The van der Waals surface area contributed by atoms with Crippen molar-refractivity contribution in [3.8, 4) is 17.1 Å². The number of carbonyl (C=O) groups excluding carboxylic acids is 1. The molecule has 0 aliphatic heterocycles. The highest BCUT2D eigenvalue weighted by Gasteiger charge is 2.22. The molecule has 0 aliphatic rings. The van der Waals surface area contributed by atoms with E-state index >= 15 is 0 Å². The molecular weight excluding hydrogens is 410 g/mol. The number of carbonyl (C=O) groups is 1. The summed E-state index contributed by atoms with van der Waals surface area (Å²) in [6, 6.07) is 10.9. The zero-order valence-corrected chi connectivity index (χ0v) is 17.6. The van der Waals surface area contributed by atoms with Gasteiger partial charge in [0.2, 0.25) is 5.91 Å². The Hall–Kier alpha value is -2.84. The van der Waals surface area contributed by atoms with Crippen LogP contribution in [0.3, 0.4) is 0 Å². The molecule has 1 atom stereocenters. The van der Waals surface area contributed by atoms with Gasteiger partial charge in [-0.2, -0.15) is 0 Å². The van der Waals surface area contributed by atoms with E-state index in [0.717, 1.165) is 5.56 Å². The fraction of sp³-hybridized carbons (Fsp3) is 0.200. The third kappa shape index (κ3) is 4.96. The van der Waals surface area contributed by atoms with E-state index in [2.05, 4.69) is 27.1 Å². The summed E-state index contributed by atoms with van der Waals surface area (Å²) in [5, 5.41) is 12.1. The van der Waals surface area contributed by atoms with Gasteiger partial charge in [0.25, 0.3) is 0 Å². The Morgan fingerprint density at radius 3 is 2.83 bits per heavy atom. The molecule has 2 heterocycles. The number of thioether (sulfide) groups is 1. The van der Waals surface area contributed by atoms with Gasteiger partial charge in [-0.1, -0.05) is 41.6 Å². The maximum Gasteiger partial charge on any atom is 0.238 e. The SMILES string of the molecule is C=CCn1c(SC(C)C(=O)Nc2ccc(Cl)cn2)nnc1-c1ccccc1OC. The molecule has 0 radical (unpaired) electrons. The van der Waals surface area contributed by atoms with Gasteiger partial charge in [0.15, 0.2) is 11.0 Å². The molecule has 0 spiro atoms. The number of para-hydroxylation sites is 1. The molecule has 0 saturated carbocycles. The Labute approximate surface area is 178 Å². The first-order chi connectivity index (χ1) is 14.0. The highest BCUT2D eigenvalue weighted by Crippen LogP contribution is 2.32. The number of aromatic nitrogens is 4. The maximum atomic E-state index is 12.5. The van der Waals surface area contributed by atoms with Crippen LogP contribution in [0.1, 0.15) is 6.92 Å². The van der Waals surface area contributed by atoms with Crippen molar-refractivity contribution in [3.63, 3.8) is 0 Å². The van der Waals surface area contributed by atoms with Crippen LogP contribution >= 0.6 is 23.4 Å². The second-order valence-corrected chi connectivity index (χ2v) is 7.76. The number of rotatable bonds is 8. The van der Waals surface area contributed by atoms with Crippen molar-refractivity contribution in [2.75, 3.05) is 12.4 Å². The number of hydrogen-bond acceptors (Lipinski definition) is 6. The number of benzene rings is 1. The van der Waals surface area contributed by atoms with E-state index in [4.69, 9.17) is 16.3 Å². The quantitative estimate of drug-likeness (QED) is 0.424. The summed E-state index contributed by atoms with van der Waals surface area (Å²) < 4.78 is 7.34. The van der Waals surface area contributed by atoms with Crippen molar-refractivity contribution < 1.29 is 9.53 Å². The standard InChI is InChI=1S/C20H20ClN5O2S/c1-4-11-26-18(15-7-5-6-8-16(15)28-3)24-25-20(26)29-13(2)19(27)23-17-10-9-14(21)12-22-17/h4-10,12-13H,1,11H2,2-3H3,(H,22,23,27). The van der Waals surface area contributed by atoms with Gasteiger partial charge in [-0.3, -0.25) is 9.36 Å². The zero-order valence-electron chi connectivity index (χ0n) is 16.0. The molecule has 1 unspecified atom stereocenters. The highest BCUT2D eigenvalue weighted by molar-refractivity contribution is 8.00. The largest absolute Gasteiger partial charge is 0.496 e. The van der Waals surface area contributed by atoms with Crippen LogP contribution in [0.4, 0.5) is 5.82 Å². The van der Waals surface area contributed by atoms with Crippen molar-refractivity contribution >= 4 is 35.1 Å². The molecule has 0 fully saturated rings. The number of anilines is 1. The number of halogens is 1. The lowest BCUT2D eigenvalue weighted by Gasteiger charge is -2.13. The average molecular weight is 430 g/mol. The van der Waals surface area contributed by atoms with Gasteiger partial charge in [0.1, 0.15) is 11.6 Å². The van der Waals surface area contributed by atoms with E-state index in [0.29, 0.717) is 34.1 Å². The van der Waals surface area contributed by atoms with Crippen molar-refractivity contribution in [2.45, 2.75) is 23.9 Å². The van der Waals surface area contributed by atoms with E-state index in [1.54, 1.807) is 32.2 Å². The van der Waals surface area contributed by atoms with Crippen molar-refractivity contribution in [2.24, 2.45) is 0 Å². The lowest BCUT2D eigenvalue weighted by atomic mass is 10.2. The minimum atomic E-state index is -0.425. The number of allylic oxidation sites excluding steroid dienone is 1. The van der Waals surface area contributed by atoms with Crippen LogP contribution in [0.15, 0.2) is 60.4 Å². The van der Waals surface area contributed by atoms with E-state index in [1.165, 1.54) is 18.0 Å². The Balaban J connectivity index is 1.81. The van der Waals surface area contributed by atoms with Crippen LogP contribution in [0.25, 0.3) is 11.4 Å². The summed E-state index contributed by atoms with van der Waals surface area (Å²) >= 11 is 7.13. The molecule has 9 heteroatoms. The predicted molar refractivity (Wildman–Crippen MR) is 115 cm³/mol. The number of amides is 1. The first-order valence-electron chi connectivity index (χ1n) is 8.80. The fourth-order valence-electron chi connectivity index (χ4n) is 2.59. The number of nitrogens with zero attached hydrogens (tertiary/aromatic N) is 4. The lowest BCUT2D eigenvalue weighted by Crippen LogP contribution is -2.23. The van der Waals surface area contributed by atoms with Gasteiger partial charge in [-0.05, 0) is 31.2 Å². The molecule has 0 bridgehead atoms. The normalized spacial score (nSPS) is 11.7. The molecule has 7 nitrogen and oxygen atoms in total. The van der Waals surface area contributed by atoms with Crippen LogP contribution < -0.4 is 10.1 Å². The molecule has 3 rings (SSSR count). The molecule has 1 aromatic carbocycles. The van der Waals surface area contributed by atoms with Gasteiger partial charge in [-0.15, -0.1) is 16.8 Å². The molecule has 0 saturated heterocycles. The van der Waals surface area contributed by atoms with Crippen molar-refractivity contribution in [1.29, 1.82) is 0 Å². The third-order valence-corrected chi connectivity index (χ3v) is 5.31. The summed E-state index contributed by atoms with van der Waals surface area (Å²) in [5.74, 6) is 1.59. The van der Waals surface area contributed by atoms with Gasteiger partial charge in [0.05, 0.1) is 22.9 Å². The average Bonchev–Trinajstić information content (AvgIpc) is 3.12. The van der Waals surface area contributed by atoms with Crippen LogP contribution in [0.2, 0.25) is 5.02 Å². The lowest BCUT2D eigenvalue weighted by molar-refractivity contribution is -0.115. The fourth-order valence-corrected chi connectivity index (χ4v) is 3.56. The third-order valence-electron chi connectivity index (χ3n) is 4.01. The summed E-state index contributed by atoms with van der Waals surface area (Å²) in [5.41, 5.74) is 0.818. The summed E-state index contributed by atoms with van der Waals surface area (Å²) in [6.07, 6.45) is 3.24. The molecule has 150 valence electrons. The molecule has 29 heavy (non-hydrogen) atoms. The molecule has 1 N–H and O–H groups in total. The summed E-state index contributed by atoms with van der Waals surface area (Å²) in [7, 11) is 1.61. The van der Waals surface area contributed by atoms with Gasteiger partial charge < -0.3 is 10.1 Å². The maximum absolute atomic E-state index is 12.5.